The molecule has 1 saturated heterocycles. The van der Waals surface area contributed by atoms with Gasteiger partial charge in [-0.3, -0.25) is 9.69 Å². The van der Waals surface area contributed by atoms with Crippen LogP contribution in [0, 0.1) is 5.92 Å². The lowest BCUT2D eigenvalue weighted by molar-refractivity contribution is -0.122. The maximum Gasteiger partial charge on any atom is 0.234 e. The summed E-state index contributed by atoms with van der Waals surface area (Å²) in [5, 5.41) is 4.13. The van der Waals surface area contributed by atoms with Gasteiger partial charge in [0.05, 0.1) is 11.9 Å². The molecule has 4 rings (SSSR count). The van der Waals surface area contributed by atoms with Crippen molar-refractivity contribution >= 4 is 33.3 Å². The molecule has 6 nitrogen and oxygen atoms in total. The van der Waals surface area contributed by atoms with Gasteiger partial charge in [-0.25, -0.2) is 9.97 Å². The van der Waals surface area contributed by atoms with E-state index in [1.54, 1.807) is 12.4 Å². The molecule has 7 heteroatoms. The fourth-order valence-electron chi connectivity index (χ4n) is 4.06. The lowest BCUT2D eigenvalue weighted by atomic mass is 9.89. The second kappa shape index (κ2) is 7.94. The first-order valence-corrected chi connectivity index (χ1v) is 10.6. The summed E-state index contributed by atoms with van der Waals surface area (Å²) in [5.74, 6) is 1.91. The van der Waals surface area contributed by atoms with Crippen molar-refractivity contribution in [2.75, 3.05) is 44.2 Å². The van der Waals surface area contributed by atoms with E-state index in [9.17, 15) is 4.79 Å². The average Bonchev–Trinajstić information content (AvgIpc) is 3.04. The van der Waals surface area contributed by atoms with E-state index in [1.165, 1.54) is 28.7 Å². The maximum absolute atomic E-state index is 11.9. The topological polar surface area (TPSA) is 61.4 Å². The fraction of sp³-hybridized carbons (Fsp3) is 0.550. The zero-order valence-corrected chi connectivity index (χ0v) is 16.7. The summed E-state index contributed by atoms with van der Waals surface area (Å²) in [5.41, 5.74) is 1.48. The van der Waals surface area contributed by atoms with Gasteiger partial charge in [0.1, 0.15) is 17.0 Å². The Morgan fingerprint density at radius 1 is 1.37 bits per heavy atom. The molecule has 1 atom stereocenters. The number of aryl methyl sites for hydroxylation is 1. The van der Waals surface area contributed by atoms with Crippen LogP contribution in [0.25, 0.3) is 10.2 Å². The first-order chi connectivity index (χ1) is 13.2. The molecular weight excluding hydrogens is 358 g/mol. The summed E-state index contributed by atoms with van der Waals surface area (Å²) in [7, 11) is 0. The van der Waals surface area contributed by atoms with Crippen LogP contribution in [0.3, 0.4) is 0 Å². The fourth-order valence-corrected chi connectivity index (χ4v) is 5.41. The molecule has 144 valence electrons. The highest BCUT2D eigenvalue weighted by Gasteiger charge is 2.26. The second-order valence-corrected chi connectivity index (χ2v) is 8.67. The Kier molecular flexibility index (Phi) is 5.41. The Balaban J connectivity index is 1.48. The third-order valence-electron chi connectivity index (χ3n) is 5.55. The highest BCUT2D eigenvalue weighted by atomic mass is 32.1. The van der Waals surface area contributed by atoms with Gasteiger partial charge in [-0.15, -0.1) is 17.9 Å². The molecule has 2 aromatic rings. The number of carbonyl (C=O) groups is 1. The molecule has 1 aliphatic heterocycles. The van der Waals surface area contributed by atoms with E-state index in [2.05, 4.69) is 38.6 Å². The Labute approximate surface area is 164 Å². The number of hydrogen-bond donors (Lipinski definition) is 1. The number of amides is 1. The third kappa shape index (κ3) is 3.84. The minimum absolute atomic E-state index is 0.0637. The Morgan fingerprint density at radius 3 is 2.96 bits per heavy atom. The van der Waals surface area contributed by atoms with Crippen LogP contribution in [0.2, 0.25) is 0 Å². The summed E-state index contributed by atoms with van der Waals surface area (Å²) in [6.07, 6.45) is 6.97. The summed E-state index contributed by atoms with van der Waals surface area (Å²) < 4.78 is 0. The average molecular weight is 386 g/mol. The van der Waals surface area contributed by atoms with Gasteiger partial charge in [0.15, 0.2) is 0 Å². The normalized spacial score (nSPS) is 20.5. The number of aromatic nitrogens is 2. The second-order valence-electron chi connectivity index (χ2n) is 7.59. The minimum Gasteiger partial charge on any atom is -0.353 e. The lowest BCUT2D eigenvalue weighted by Gasteiger charge is -2.35. The molecule has 0 radical (unpaired) electrons. The van der Waals surface area contributed by atoms with Gasteiger partial charge >= 0.3 is 0 Å². The summed E-state index contributed by atoms with van der Waals surface area (Å²) >= 11 is 1.85. The van der Waals surface area contributed by atoms with Crippen molar-refractivity contribution in [1.82, 2.24) is 20.2 Å². The molecule has 3 heterocycles. The van der Waals surface area contributed by atoms with E-state index >= 15 is 0 Å². The zero-order chi connectivity index (χ0) is 18.8. The summed E-state index contributed by atoms with van der Waals surface area (Å²) in [6, 6.07) is 0. The van der Waals surface area contributed by atoms with Crippen LogP contribution in [-0.4, -0.2) is 60.0 Å². The van der Waals surface area contributed by atoms with Crippen molar-refractivity contribution in [3.63, 3.8) is 0 Å². The maximum atomic E-state index is 11.9. The molecule has 0 unspecified atom stereocenters. The van der Waals surface area contributed by atoms with E-state index in [0.717, 1.165) is 49.2 Å². The van der Waals surface area contributed by atoms with Gasteiger partial charge in [0, 0.05) is 37.6 Å². The SMILES string of the molecule is C=CCNC(=O)CN1CCN(c2ncnc3sc4c(c23)CC[C@@H](C)C4)CC1. The molecule has 1 fully saturated rings. The van der Waals surface area contributed by atoms with Crippen LogP contribution < -0.4 is 10.2 Å². The van der Waals surface area contributed by atoms with Gasteiger partial charge < -0.3 is 10.2 Å². The number of fused-ring (bicyclic) bond motifs is 3. The predicted molar refractivity (Wildman–Crippen MR) is 110 cm³/mol. The first-order valence-electron chi connectivity index (χ1n) is 9.76. The molecule has 0 aromatic carbocycles. The molecule has 27 heavy (non-hydrogen) atoms. The molecule has 2 aromatic heterocycles. The highest BCUT2D eigenvalue weighted by Crippen LogP contribution is 2.40. The molecule has 0 bridgehead atoms. The molecule has 1 aliphatic carbocycles. The Morgan fingerprint density at radius 2 is 2.19 bits per heavy atom. The smallest absolute Gasteiger partial charge is 0.234 e. The van der Waals surface area contributed by atoms with Crippen LogP contribution in [0.1, 0.15) is 23.8 Å². The zero-order valence-electron chi connectivity index (χ0n) is 15.9. The number of nitrogens with one attached hydrogen (secondary N) is 1. The molecule has 1 N–H and O–H groups in total. The number of anilines is 1. The Bertz CT molecular complexity index is 840. The van der Waals surface area contributed by atoms with Gasteiger partial charge in [0.2, 0.25) is 5.91 Å². The van der Waals surface area contributed by atoms with Gasteiger partial charge in [-0.05, 0) is 30.7 Å². The van der Waals surface area contributed by atoms with Gasteiger partial charge in [0.25, 0.3) is 0 Å². The van der Waals surface area contributed by atoms with Crippen LogP contribution in [0.15, 0.2) is 19.0 Å². The van der Waals surface area contributed by atoms with Crippen LogP contribution >= 0.6 is 11.3 Å². The molecule has 2 aliphatic rings. The van der Waals surface area contributed by atoms with Crippen LogP contribution in [-0.2, 0) is 17.6 Å². The largest absolute Gasteiger partial charge is 0.353 e. The molecule has 0 spiro atoms. The monoisotopic (exact) mass is 385 g/mol. The standard InChI is InChI=1S/C20H27N5OS/c1-3-6-21-17(26)12-24-7-9-25(10-8-24)19-18-15-5-4-14(2)11-16(15)27-20(18)23-13-22-19/h3,13-14H,1,4-12H2,2H3,(H,21,26)/t14-/m1/s1. The number of hydrogen-bond acceptors (Lipinski definition) is 6. The molecule has 1 amide bonds. The van der Waals surface area contributed by atoms with Crippen LogP contribution in [0.4, 0.5) is 5.82 Å². The third-order valence-corrected chi connectivity index (χ3v) is 6.72. The number of nitrogens with zero attached hydrogens (tertiary/aromatic N) is 4. The van der Waals surface area contributed by atoms with Crippen molar-refractivity contribution in [3.05, 3.63) is 29.4 Å². The summed E-state index contributed by atoms with van der Waals surface area (Å²) in [4.78, 5) is 28.4. The quantitative estimate of drug-likeness (QED) is 0.800. The van der Waals surface area contributed by atoms with Crippen molar-refractivity contribution in [2.45, 2.75) is 26.2 Å². The highest BCUT2D eigenvalue weighted by molar-refractivity contribution is 7.19. The predicted octanol–water partition coefficient (Wildman–Crippen LogP) is 2.24. The minimum atomic E-state index is 0.0637. The number of rotatable bonds is 5. The van der Waals surface area contributed by atoms with E-state index in [-0.39, 0.29) is 5.91 Å². The van der Waals surface area contributed by atoms with Crippen molar-refractivity contribution < 1.29 is 4.79 Å². The van der Waals surface area contributed by atoms with Crippen molar-refractivity contribution in [1.29, 1.82) is 0 Å². The number of thiophene rings is 1. The first kappa shape index (κ1) is 18.4. The number of carbonyl (C=O) groups excluding carboxylic acids is 1. The van der Waals surface area contributed by atoms with E-state index in [1.807, 2.05) is 11.3 Å². The van der Waals surface area contributed by atoms with Crippen molar-refractivity contribution in [2.24, 2.45) is 5.92 Å². The van der Waals surface area contributed by atoms with Gasteiger partial charge in [-0.2, -0.15) is 0 Å². The van der Waals surface area contributed by atoms with E-state index in [0.29, 0.717) is 13.1 Å². The van der Waals surface area contributed by atoms with Gasteiger partial charge in [-0.1, -0.05) is 13.0 Å². The van der Waals surface area contributed by atoms with E-state index < -0.39 is 0 Å². The van der Waals surface area contributed by atoms with Crippen molar-refractivity contribution in [3.8, 4) is 0 Å². The Hall–Kier alpha value is -1.99. The molecular formula is C20H27N5OS. The van der Waals surface area contributed by atoms with E-state index in [4.69, 9.17) is 0 Å². The summed E-state index contributed by atoms with van der Waals surface area (Å²) in [6.45, 7) is 10.5. The molecule has 0 saturated carbocycles. The number of piperazine rings is 1. The lowest BCUT2D eigenvalue weighted by Crippen LogP contribution is -2.49. The van der Waals surface area contributed by atoms with Crippen LogP contribution in [0.5, 0.6) is 0 Å².